The van der Waals surface area contributed by atoms with Gasteiger partial charge in [-0.15, -0.1) is 0 Å². The molecule has 1 atom stereocenters. The zero-order chi connectivity index (χ0) is 19.1. The average molecular weight is 400 g/mol. The van der Waals surface area contributed by atoms with Crippen molar-refractivity contribution in [3.63, 3.8) is 0 Å². The molecule has 7 heteroatoms. The van der Waals surface area contributed by atoms with Gasteiger partial charge in [-0.25, -0.2) is 4.99 Å². The molecule has 0 fully saturated rings. The second-order valence-electron chi connectivity index (χ2n) is 6.73. The molecule has 0 aliphatic carbocycles. The van der Waals surface area contributed by atoms with Gasteiger partial charge in [0, 0.05) is 27.4 Å². The summed E-state index contributed by atoms with van der Waals surface area (Å²) in [7, 11) is 3.89. The van der Waals surface area contributed by atoms with E-state index in [1.807, 2.05) is 54.1 Å². The molecule has 0 amide bonds. The van der Waals surface area contributed by atoms with Crippen molar-refractivity contribution in [1.29, 1.82) is 0 Å². The molecule has 1 aromatic heterocycles. The Morgan fingerprint density at radius 2 is 1.68 bits per heavy atom. The molecule has 1 heterocycles. The zero-order valence-electron chi connectivity index (χ0n) is 16.4. The van der Waals surface area contributed by atoms with Crippen LogP contribution in [0.1, 0.15) is 24.1 Å². The summed E-state index contributed by atoms with van der Waals surface area (Å²) in [6.45, 7) is 2.72. The SMILES string of the molecule is CC(Cc1ccccc1)[n+]1cc(NC(=NCc2ccccc2)N(C)C)on1.[Cl-]. The number of nitrogens with zero attached hydrogens (tertiary/aromatic N) is 4. The highest BCUT2D eigenvalue weighted by Crippen LogP contribution is 2.10. The molecule has 0 spiro atoms. The number of anilines is 1. The monoisotopic (exact) mass is 399 g/mol. The zero-order valence-corrected chi connectivity index (χ0v) is 17.2. The molecule has 1 unspecified atom stereocenters. The largest absolute Gasteiger partial charge is 1.00 e. The first-order chi connectivity index (χ1) is 13.1. The van der Waals surface area contributed by atoms with Crippen LogP contribution in [-0.2, 0) is 13.0 Å². The molecule has 0 radical (unpaired) electrons. The van der Waals surface area contributed by atoms with Crippen LogP contribution in [0.15, 0.2) is 76.4 Å². The van der Waals surface area contributed by atoms with Gasteiger partial charge in [0.25, 0.3) is 6.20 Å². The molecule has 28 heavy (non-hydrogen) atoms. The highest BCUT2D eigenvalue weighted by atomic mass is 35.5. The molecule has 2 aromatic carbocycles. The molecule has 1 N–H and O–H groups in total. The third-order valence-corrected chi connectivity index (χ3v) is 4.22. The van der Waals surface area contributed by atoms with E-state index in [1.54, 1.807) is 0 Å². The normalized spacial score (nSPS) is 12.2. The van der Waals surface area contributed by atoms with Gasteiger partial charge >= 0.3 is 5.88 Å². The van der Waals surface area contributed by atoms with E-state index in [1.165, 1.54) is 5.56 Å². The maximum atomic E-state index is 5.45. The molecule has 0 saturated carbocycles. The van der Waals surface area contributed by atoms with Gasteiger partial charge in [0.15, 0.2) is 6.04 Å². The first-order valence-corrected chi connectivity index (χ1v) is 9.06. The van der Waals surface area contributed by atoms with Gasteiger partial charge in [0.05, 0.1) is 6.54 Å². The van der Waals surface area contributed by atoms with E-state index < -0.39 is 0 Å². The Balaban J connectivity index is 0.00000280. The number of guanidine groups is 1. The summed E-state index contributed by atoms with van der Waals surface area (Å²) in [6, 6.07) is 20.7. The van der Waals surface area contributed by atoms with Crippen LogP contribution in [0.25, 0.3) is 0 Å². The number of aromatic nitrogens is 2. The van der Waals surface area contributed by atoms with Crippen LogP contribution in [0, 0.1) is 0 Å². The van der Waals surface area contributed by atoms with Crippen molar-refractivity contribution in [2.75, 3.05) is 19.4 Å². The lowest BCUT2D eigenvalue weighted by Gasteiger charge is -2.15. The minimum Gasteiger partial charge on any atom is -1.00 e. The number of rotatable bonds is 6. The van der Waals surface area contributed by atoms with Crippen molar-refractivity contribution >= 4 is 11.8 Å². The second kappa shape index (κ2) is 10.5. The Morgan fingerprint density at radius 1 is 1.07 bits per heavy atom. The lowest BCUT2D eigenvalue weighted by atomic mass is 10.1. The molecular weight excluding hydrogens is 374 g/mol. The third kappa shape index (κ3) is 6.09. The molecular formula is C21H26ClN5O. The first-order valence-electron chi connectivity index (χ1n) is 9.06. The van der Waals surface area contributed by atoms with Gasteiger partial charge in [0.2, 0.25) is 11.2 Å². The van der Waals surface area contributed by atoms with Gasteiger partial charge in [-0.1, -0.05) is 60.7 Å². The molecule has 3 rings (SSSR count). The molecule has 0 aliphatic heterocycles. The summed E-state index contributed by atoms with van der Waals surface area (Å²) >= 11 is 0. The smallest absolute Gasteiger partial charge is 0.302 e. The van der Waals surface area contributed by atoms with Crippen LogP contribution >= 0.6 is 0 Å². The first kappa shape index (κ1) is 21.4. The summed E-state index contributed by atoms with van der Waals surface area (Å²) in [5, 5.41) is 7.36. The minimum absolute atomic E-state index is 0. The van der Waals surface area contributed by atoms with Crippen molar-refractivity contribution in [3.05, 3.63) is 78.0 Å². The predicted octanol–water partition coefficient (Wildman–Crippen LogP) is 0.300. The van der Waals surface area contributed by atoms with Crippen LogP contribution in [0.3, 0.4) is 0 Å². The van der Waals surface area contributed by atoms with Crippen molar-refractivity contribution in [2.24, 2.45) is 4.99 Å². The molecule has 0 bridgehead atoms. The van der Waals surface area contributed by atoms with Crippen molar-refractivity contribution in [1.82, 2.24) is 10.2 Å². The quantitative estimate of drug-likeness (QED) is 0.368. The highest BCUT2D eigenvalue weighted by Gasteiger charge is 2.21. The highest BCUT2D eigenvalue weighted by molar-refractivity contribution is 5.91. The van der Waals surface area contributed by atoms with Crippen LogP contribution in [0.5, 0.6) is 0 Å². The Morgan fingerprint density at radius 3 is 2.29 bits per heavy atom. The maximum Gasteiger partial charge on any atom is 0.302 e. The minimum atomic E-state index is 0. The van der Waals surface area contributed by atoms with E-state index in [0.29, 0.717) is 12.4 Å². The Hall–Kier alpha value is -2.86. The van der Waals surface area contributed by atoms with Gasteiger partial charge in [-0.05, 0) is 15.8 Å². The summed E-state index contributed by atoms with van der Waals surface area (Å²) in [6.07, 6.45) is 2.76. The topological polar surface area (TPSA) is 57.5 Å². The summed E-state index contributed by atoms with van der Waals surface area (Å²) in [4.78, 5) is 6.56. The third-order valence-electron chi connectivity index (χ3n) is 4.22. The molecule has 3 aromatic rings. The number of halogens is 1. The number of aliphatic imine (C=N–C) groups is 1. The van der Waals surface area contributed by atoms with Gasteiger partial charge < -0.3 is 17.3 Å². The Bertz CT molecular complexity index is 865. The van der Waals surface area contributed by atoms with E-state index in [2.05, 4.69) is 58.9 Å². The average Bonchev–Trinajstić information content (AvgIpc) is 3.15. The fraction of sp³-hybridized carbons (Fsp3) is 0.286. The molecule has 148 valence electrons. The van der Waals surface area contributed by atoms with E-state index in [9.17, 15) is 0 Å². The number of benzene rings is 2. The Labute approximate surface area is 172 Å². The van der Waals surface area contributed by atoms with Crippen LogP contribution in [0.2, 0.25) is 0 Å². The standard InChI is InChI=1S/C21H26N5O.ClH/c1-17(14-18-10-6-4-7-11-18)26-16-20(27-24-26)23-21(25(2)3)22-15-19-12-8-5-9-13-19;/h4-13,16-17H,14-15H2,1-3H3,(H,22,23);1H/q+1;/p-1. The van der Waals surface area contributed by atoms with Crippen molar-refractivity contribution in [3.8, 4) is 0 Å². The molecule has 6 nitrogen and oxygen atoms in total. The fourth-order valence-corrected chi connectivity index (χ4v) is 2.72. The van der Waals surface area contributed by atoms with E-state index >= 15 is 0 Å². The predicted molar refractivity (Wildman–Crippen MR) is 106 cm³/mol. The summed E-state index contributed by atoms with van der Waals surface area (Å²) in [5.74, 6) is 1.29. The van der Waals surface area contributed by atoms with Crippen LogP contribution in [0.4, 0.5) is 5.88 Å². The number of hydrogen-bond acceptors (Lipinski definition) is 3. The summed E-state index contributed by atoms with van der Waals surface area (Å²) in [5.41, 5.74) is 2.43. The van der Waals surface area contributed by atoms with Crippen LogP contribution < -0.4 is 22.4 Å². The van der Waals surface area contributed by atoms with E-state index in [-0.39, 0.29) is 18.4 Å². The maximum absolute atomic E-state index is 5.45. The fourth-order valence-electron chi connectivity index (χ4n) is 2.72. The van der Waals surface area contributed by atoms with Gasteiger partial charge in [-0.2, -0.15) is 0 Å². The van der Waals surface area contributed by atoms with Gasteiger partial charge in [-0.3, -0.25) is 9.84 Å². The number of nitrogens with one attached hydrogen (secondary N) is 1. The van der Waals surface area contributed by atoms with E-state index in [0.717, 1.165) is 17.9 Å². The molecule has 0 saturated heterocycles. The Kier molecular flexibility index (Phi) is 8.02. The number of hydrogen-bond donors (Lipinski definition) is 1. The lowest BCUT2D eigenvalue weighted by molar-refractivity contribution is -0.782. The van der Waals surface area contributed by atoms with Crippen molar-refractivity contribution in [2.45, 2.75) is 25.9 Å². The van der Waals surface area contributed by atoms with Gasteiger partial charge in [0.1, 0.15) is 0 Å². The molecule has 0 aliphatic rings. The van der Waals surface area contributed by atoms with E-state index in [4.69, 9.17) is 4.52 Å². The van der Waals surface area contributed by atoms with Crippen LogP contribution in [-0.4, -0.2) is 30.2 Å². The summed E-state index contributed by atoms with van der Waals surface area (Å²) < 4.78 is 7.28. The lowest BCUT2D eigenvalue weighted by Crippen LogP contribution is -3.00. The second-order valence-corrected chi connectivity index (χ2v) is 6.73. The van der Waals surface area contributed by atoms with Crippen molar-refractivity contribution < 1.29 is 21.6 Å².